The lowest BCUT2D eigenvalue weighted by Gasteiger charge is -2.22. The number of carbonyl (C=O) groups excluding carboxylic acids is 1. The van der Waals surface area contributed by atoms with E-state index in [9.17, 15) is 4.79 Å². The number of nitrogens with one attached hydrogen (secondary N) is 1. The molecule has 1 aliphatic carbocycles. The minimum absolute atomic E-state index is 0.149. The van der Waals surface area contributed by atoms with Crippen molar-refractivity contribution in [1.82, 2.24) is 20.6 Å². The fourth-order valence-electron chi connectivity index (χ4n) is 3.73. The van der Waals surface area contributed by atoms with Gasteiger partial charge in [0.2, 0.25) is 5.91 Å². The van der Waals surface area contributed by atoms with E-state index in [-0.39, 0.29) is 12.3 Å². The fraction of sp³-hybridized carbons (Fsp3) is 0.579. The van der Waals surface area contributed by atoms with Gasteiger partial charge in [0, 0.05) is 30.3 Å². The summed E-state index contributed by atoms with van der Waals surface area (Å²) in [5.74, 6) is 1.15. The van der Waals surface area contributed by atoms with Gasteiger partial charge >= 0.3 is 0 Å². The topological polar surface area (TPSA) is 101 Å². The van der Waals surface area contributed by atoms with Crippen molar-refractivity contribution in [3.8, 4) is 11.5 Å². The number of nitrogens with zero attached hydrogens (tertiary/aromatic N) is 3. The van der Waals surface area contributed by atoms with E-state index in [0.29, 0.717) is 11.7 Å². The molecule has 0 radical (unpaired) electrons. The number of aromatic nitrogens is 3. The molecular weight excluding hydrogens is 332 g/mol. The summed E-state index contributed by atoms with van der Waals surface area (Å²) < 4.78 is 5.36. The molecule has 1 amide bonds. The van der Waals surface area contributed by atoms with Crippen LogP contribution in [-0.2, 0) is 4.79 Å². The summed E-state index contributed by atoms with van der Waals surface area (Å²) in [4.78, 5) is 20.1. The summed E-state index contributed by atoms with van der Waals surface area (Å²) in [6, 6.07) is 3.60. The zero-order valence-corrected chi connectivity index (χ0v) is 14.9. The summed E-state index contributed by atoms with van der Waals surface area (Å²) in [5.41, 5.74) is 2.51. The van der Waals surface area contributed by atoms with Crippen LogP contribution >= 0.6 is 0 Å². The Hall–Kier alpha value is -2.28. The maximum Gasteiger partial charge on any atom is 0.258 e. The van der Waals surface area contributed by atoms with Gasteiger partial charge in [-0.05, 0) is 24.5 Å². The van der Waals surface area contributed by atoms with Gasteiger partial charge in [-0.15, -0.1) is 0 Å². The lowest BCUT2D eigenvalue weighted by atomic mass is 9.84. The second kappa shape index (κ2) is 9.43. The highest BCUT2D eigenvalue weighted by molar-refractivity contribution is 5.75. The molecule has 0 spiro atoms. The molecule has 140 valence electrons. The van der Waals surface area contributed by atoms with E-state index < -0.39 is 5.91 Å². The monoisotopic (exact) mass is 358 g/mol. The highest BCUT2D eigenvalue weighted by Crippen LogP contribution is 2.31. The highest BCUT2D eigenvalue weighted by Gasteiger charge is 2.23. The van der Waals surface area contributed by atoms with Crippen molar-refractivity contribution in [2.75, 3.05) is 0 Å². The molecule has 26 heavy (non-hydrogen) atoms. The Morgan fingerprint density at radius 3 is 2.77 bits per heavy atom. The largest absolute Gasteiger partial charge is 0.334 e. The van der Waals surface area contributed by atoms with E-state index in [0.717, 1.165) is 24.3 Å². The van der Waals surface area contributed by atoms with Crippen LogP contribution < -0.4 is 5.48 Å². The molecule has 1 aliphatic rings. The van der Waals surface area contributed by atoms with Gasteiger partial charge in [-0.1, -0.05) is 50.1 Å². The van der Waals surface area contributed by atoms with Gasteiger partial charge in [-0.3, -0.25) is 15.0 Å². The summed E-state index contributed by atoms with van der Waals surface area (Å²) >= 11 is 0. The first-order chi connectivity index (χ1) is 12.8. The van der Waals surface area contributed by atoms with Crippen molar-refractivity contribution in [2.45, 2.75) is 63.7 Å². The van der Waals surface area contributed by atoms with E-state index in [4.69, 9.17) is 9.73 Å². The van der Waals surface area contributed by atoms with Crippen LogP contribution in [0.1, 0.15) is 69.5 Å². The number of amides is 1. The third-order valence-electron chi connectivity index (χ3n) is 5.18. The van der Waals surface area contributed by atoms with Crippen LogP contribution in [0.4, 0.5) is 0 Å². The number of hydroxylamine groups is 1. The Kier molecular flexibility index (Phi) is 6.71. The number of hydrogen-bond acceptors (Lipinski definition) is 6. The molecular formula is C19H26N4O3. The Balaban J connectivity index is 1.63. The van der Waals surface area contributed by atoms with Crippen LogP contribution in [0.3, 0.4) is 0 Å². The van der Waals surface area contributed by atoms with E-state index >= 15 is 0 Å². The average molecular weight is 358 g/mol. The number of rotatable bonds is 8. The summed E-state index contributed by atoms with van der Waals surface area (Å²) in [6.45, 7) is 0. The van der Waals surface area contributed by atoms with Gasteiger partial charge < -0.3 is 4.52 Å². The van der Waals surface area contributed by atoms with Gasteiger partial charge in [-0.2, -0.15) is 4.98 Å². The molecule has 2 aromatic rings. The minimum Gasteiger partial charge on any atom is -0.334 e. The Bertz CT molecular complexity index is 683. The maximum atomic E-state index is 11.7. The third-order valence-corrected chi connectivity index (χ3v) is 5.18. The number of pyridine rings is 1. The fourth-order valence-corrected chi connectivity index (χ4v) is 3.73. The first kappa shape index (κ1) is 18.5. The summed E-state index contributed by atoms with van der Waals surface area (Å²) in [7, 11) is 0. The maximum absolute atomic E-state index is 11.7. The first-order valence-electron chi connectivity index (χ1n) is 9.43. The molecule has 2 aromatic heterocycles. The molecule has 1 atom stereocenters. The summed E-state index contributed by atoms with van der Waals surface area (Å²) in [6.07, 6.45) is 13.1. The average Bonchev–Trinajstić information content (AvgIpc) is 3.19. The van der Waals surface area contributed by atoms with E-state index in [1.54, 1.807) is 30.0 Å². The molecule has 0 unspecified atom stereocenters. The Labute approximate surface area is 153 Å². The smallest absolute Gasteiger partial charge is 0.258 e. The van der Waals surface area contributed by atoms with Gasteiger partial charge in [-0.25, -0.2) is 5.48 Å². The second-order valence-corrected chi connectivity index (χ2v) is 7.06. The molecule has 0 saturated heterocycles. The zero-order chi connectivity index (χ0) is 18.2. The van der Waals surface area contributed by atoms with Crippen molar-refractivity contribution in [3.05, 3.63) is 30.4 Å². The molecule has 2 heterocycles. The minimum atomic E-state index is -0.428. The lowest BCUT2D eigenvalue weighted by Crippen LogP contribution is -2.21. The van der Waals surface area contributed by atoms with Crippen LogP contribution in [-0.4, -0.2) is 26.2 Å². The standard InChI is InChI=1S/C19H26N4O3/c24-17(22-25)13-16(8-4-7-14-5-2-1-3-6-14)18-21-19(26-23-18)15-9-11-20-12-10-15/h9-12,14,16,25H,1-8,13H2,(H,22,24)/t16-/m1/s1. The van der Waals surface area contributed by atoms with Crippen LogP contribution in [0.15, 0.2) is 29.0 Å². The molecule has 3 rings (SSSR count). The molecule has 0 bridgehead atoms. The molecule has 7 heteroatoms. The van der Waals surface area contributed by atoms with Crippen molar-refractivity contribution in [1.29, 1.82) is 0 Å². The third kappa shape index (κ3) is 5.11. The first-order valence-corrected chi connectivity index (χ1v) is 9.43. The molecule has 7 nitrogen and oxygen atoms in total. The van der Waals surface area contributed by atoms with Gasteiger partial charge in [0.05, 0.1) is 0 Å². The van der Waals surface area contributed by atoms with E-state index in [1.807, 2.05) is 0 Å². The predicted molar refractivity (Wildman–Crippen MR) is 95.2 cm³/mol. The van der Waals surface area contributed by atoms with E-state index in [1.165, 1.54) is 38.5 Å². The second-order valence-electron chi connectivity index (χ2n) is 7.06. The normalized spacial score (nSPS) is 16.3. The van der Waals surface area contributed by atoms with Gasteiger partial charge in [0.1, 0.15) is 0 Å². The SMILES string of the molecule is O=C(C[C@@H](CCCC1CCCCC1)c1noc(-c2ccncc2)n1)NO. The van der Waals surface area contributed by atoms with Crippen LogP contribution in [0.5, 0.6) is 0 Å². The number of carbonyl (C=O) groups is 1. The van der Waals surface area contributed by atoms with Crippen molar-refractivity contribution < 1.29 is 14.5 Å². The van der Waals surface area contributed by atoms with Crippen LogP contribution in [0.25, 0.3) is 11.5 Å². The van der Waals surface area contributed by atoms with Gasteiger partial charge in [0.15, 0.2) is 5.82 Å². The predicted octanol–water partition coefficient (Wildman–Crippen LogP) is 3.86. The van der Waals surface area contributed by atoms with Crippen LogP contribution in [0.2, 0.25) is 0 Å². The van der Waals surface area contributed by atoms with Crippen molar-refractivity contribution in [3.63, 3.8) is 0 Å². The molecule has 2 N–H and O–H groups in total. The molecule has 1 fully saturated rings. The quantitative estimate of drug-likeness (QED) is 0.549. The lowest BCUT2D eigenvalue weighted by molar-refractivity contribution is -0.129. The molecule has 0 aromatic carbocycles. The number of hydrogen-bond donors (Lipinski definition) is 2. The van der Waals surface area contributed by atoms with Gasteiger partial charge in [0.25, 0.3) is 5.89 Å². The molecule has 1 saturated carbocycles. The Morgan fingerprint density at radius 2 is 2.04 bits per heavy atom. The summed E-state index contributed by atoms with van der Waals surface area (Å²) in [5, 5.41) is 12.9. The van der Waals surface area contributed by atoms with Crippen molar-refractivity contribution >= 4 is 5.91 Å². The Morgan fingerprint density at radius 1 is 1.27 bits per heavy atom. The molecule has 0 aliphatic heterocycles. The van der Waals surface area contributed by atoms with E-state index in [2.05, 4.69) is 15.1 Å². The highest BCUT2D eigenvalue weighted by atomic mass is 16.5. The zero-order valence-electron chi connectivity index (χ0n) is 14.9. The van der Waals surface area contributed by atoms with Crippen molar-refractivity contribution in [2.24, 2.45) is 5.92 Å². The van der Waals surface area contributed by atoms with Crippen LogP contribution in [0, 0.1) is 5.92 Å².